The van der Waals surface area contributed by atoms with Gasteiger partial charge in [0.15, 0.2) is 0 Å². The number of nitrogens with one attached hydrogen (secondary N) is 1. The first kappa shape index (κ1) is 27.5. The van der Waals surface area contributed by atoms with E-state index in [0.717, 1.165) is 11.1 Å². The molecule has 0 bridgehead atoms. The van der Waals surface area contributed by atoms with E-state index < -0.39 is 47.2 Å². The molecule has 0 aromatic heterocycles. The lowest BCUT2D eigenvalue weighted by atomic mass is 9.75. The van der Waals surface area contributed by atoms with E-state index in [1.807, 2.05) is 47.6 Å². The topological polar surface area (TPSA) is 99.1 Å². The van der Waals surface area contributed by atoms with Crippen molar-refractivity contribution in [3.05, 3.63) is 64.0 Å². The van der Waals surface area contributed by atoms with Crippen LogP contribution in [0.3, 0.4) is 0 Å². The third-order valence-corrected chi connectivity index (χ3v) is 5.68. The Hall–Kier alpha value is -2.75. The van der Waals surface area contributed by atoms with Crippen LogP contribution in [0.1, 0.15) is 71.5 Å². The summed E-state index contributed by atoms with van der Waals surface area (Å²) in [5.74, 6) is -2.37. The molecule has 0 spiro atoms. The van der Waals surface area contributed by atoms with Gasteiger partial charge in [-0.3, -0.25) is 15.0 Å². The maximum atomic E-state index is 15.2. The van der Waals surface area contributed by atoms with Crippen LogP contribution in [0.15, 0.2) is 30.3 Å². The second kappa shape index (κ2) is 11.1. The van der Waals surface area contributed by atoms with Gasteiger partial charge in [-0.25, -0.2) is 9.40 Å². The molecule has 0 saturated heterocycles. The van der Waals surface area contributed by atoms with Gasteiger partial charge in [-0.15, -0.1) is 0 Å². The SMILES string of the molecule is CC[C@@H](N(NC(=O)c1ccc(COC)c(B(O)O)c1F)C(=O)c1cc(C)cc(C)c1)C(C)(C)C. The van der Waals surface area contributed by atoms with Crippen LogP contribution in [0, 0.1) is 25.1 Å². The number of benzene rings is 2. The lowest BCUT2D eigenvalue weighted by molar-refractivity contribution is 0.0283. The Balaban J connectivity index is 2.54. The normalized spacial score (nSPS) is 12.3. The van der Waals surface area contributed by atoms with Crippen molar-refractivity contribution in [2.45, 2.75) is 60.6 Å². The van der Waals surface area contributed by atoms with Gasteiger partial charge in [-0.05, 0) is 49.4 Å². The molecule has 3 N–H and O–H groups in total. The number of carbonyl (C=O) groups excluding carboxylic acids is 2. The third kappa shape index (κ3) is 6.22. The predicted octanol–water partition coefficient (Wildman–Crippen LogP) is 2.88. The maximum absolute atomic E-state index is 15.2. The summed E-state index contributed by atoms with van der Waals surface area (Å²) in [6.07, 6.45) is 0.538. The van der Waals surface area contributed by atoms with Crippen molar-refractivity contribution < 1.29 is 28.8 Å². The minimum absolute atomic E-state index is 0.0645. The lowest BCUT2D eigenvalue weighted by Gasteiger charge is -2.39. The van der Waals surface area contributed by atoms with Gasteiger partial charge in [0.25, 0.3) is 11.8 Å². The Kier molecular flexibility index (Phi) is 8.99. The second-order valence-corrected chi connectivity index (χ2v) is 9.59. The first-order valence-electron chi connectivity index (χ1n) is 11.2. The molecule has 2 aromatic carbocycles. The van der Waals surface area contributed by atoms with Crippen molar-refractivity contribution in [3.8, 4) is 0 Å². The summed E-state index contributed by atoms with van der Waals surface area (Å²) in [6.45, 7) is 11.5. The van der Waals surface area contributed by atoms with Crippen LogP contribution in [0.25, 0.3) is 0 Å². The number of methoxy groups -OCH3 is 1. The standard InChI is InChI=1S/C25H34BFN2O5/c1-8-20(25(4,5)6)29(24(31)18-12-15(2)11-16(3)13-18)28-23(30)19-10-9-17(14-34-7)21(22(19)27)26(32)33/h9-13,20,32-33H,8,14H2,1-7H3,(H,28,30)/t20-/m1/s1. The van der Waals surface area contributed by atoms with E-state index in [0.29, 0.717) is 12.0 Å². The molecule has 0 heterocycles. The van der Waals surface area contributed by atoms with Crippen molar-refractivity contribution in [3.63, 3.8) is 0 Å². The van der Waals surface area contributed by atoms with Gasteiger partial charge in [-0.1, -0.05) is 51.0 Å². The molecule has 9 heteroatoms. The van der Waals surface area contributed by atoms with Crippen molar-refractivity contribution in [2.75, 3.05) is 7.11 Å². The van der Waals surface area contributed by atoms with Gasteiger partial charge in [0.2, 0.25) is 0 Å². The van der Waals surface area contributed by atoms with E-state index in [2.05, 4.69) is 5.43 Å². The summed E-state index contributed by atoms with van der Waals surface area (Å²) in [5.41, 5.74) is 3.76. The number of halogens is 1. The number of ether oxygens (including phenoxy) is 1. The van der Waals surface area contributed by atoms with Crippen molar-refractivity contribution in [2.24, 2.45) is 5.41 Å². The molecule has 2 rings (SSSR count). The van der Waals surface area contributed by atoms with Crippen LogP contribution in [0.5, 0.6) is 0 Å². The molecule has 0 aliphatic rings. The van der Waals surface area contributed by atoms with Gasteiger partial charge in [-0.2, -0.15) is 0 Å². The van der Waals surface area contributed by atoms with Gasteiger partial charge in [0, 0.05) is 18.1 Å². The van der Waals surface area contributed by atoms with E-state index >= 15 is 4.39 Å². The first-order chi connectivity index (χ1) is 15.8. The highest BCUT2D eigenvalue weighted by Crippen LogP contribution is 2.28. The van der Waals surface area contributed by atoms with Crippen molar-refractivity contribution >= 4 is 24.4 Å². The van der Waals surface area contributed by atoms with Gasteiger partial charge in [0.1, 0.15) is 5.82 Å². The number of hydrazine groups is 1. The molecular weight excluding hydrogens is 438 g/mol. The van der Waals surface area contributed by atoms with Crippen LogP contribution in [-0.4, -0.2) is 47.1 Å². The molecule has 0 saturated carbocycles. The number of nitrogens with zero attached hydrogens (tertiary/aromatic N) is 1. The molecule has 1 atom stereocenters. The zero-order valence-corrected chi connectivity index (χ0v) is 20.9. The van der Waals surface area contributed by atoms with Gasteiger partial charge in [0.05, 0.1) is 18.2 Å². The molecule has 184 valence electrons. The summed E-state index contributed by atoms with van der Waals surface area (Å²) in [7, 11) is -0.746. The van der Waals surface area contributed by atoms with E-state index in [4.69, 9.17) is 4.74 Å². The Labute approximate surface area is 201 Å². The minimum Gasteiger partial charge on any atom is -0.423 e. The van der Waals surface area contributed by atoms with Crippen LogP contribution in [0.2, 0.25) is 0 Å². The summed E-state index contributed by atoms with van der Waals surface area (Å²) in [5, 5.41) is 20.6. The molecular formula is C25H34BFN2O5. The fourth-order valence-corrected chi connectivity index (χ4v) is 4.23. The van der Waals surface area contributed by atoms with Gasteiger partial charge >= 0.3 is 7.12 Å². The van der Waals surface area contributed by atoms with Crippen LogP contribution >= 0.6 is 0 Å². The molecule has 0 aliphatic carbocycles. The average Bonchev–Trinajstić information content (AvgIpc) is 2.71. The van der Waals surface area contributed by atoms with Gasteiger partial charge < -0.3 is 14.8 Å². The highest BCUT2D eigenvalue weighted by molar-refractivity contribution is 6.59. The van der Waals surface area contributed by atoms with E-state index in [1.54, 1.807) is 12.1 Å². The molecule has 2 aromatic rings. The number of aryl methyl sites for hydroxylation is 2. The summed E-state index contributed by atoms with van der Waals surface area (Å²) in [4.78, 5) is 26.8. The number of amides is 2. The highest BCUT2D eigenvalue weighted by atomic mass is 19.1. The molecule has 2 amide bonds. The quantitative estimate of drug-likeness (QED) is 0.425. The Morgan fingerprint density at radius 3 is 2.21 bits per heavy atom. The molecule has 0 radical (unpaired) electrons. The van der Waals surface area contributed by atoms with Crippen LogP contribution in [0.4, 0.5) is 4.39 Å². The first-order valence-corrected chi connectivity index (χ1v) is 11.2. The Bertz CT molecular complexity index is 1030. The zero-order chi connectivity index (χ0) is 25.8. The molecule has 7 nitrogen and oxygen atoms in total. The molecule has 0 fully saturated rings. The van der Waals surface area contributed by atoms with E-state index in [9.17, 15) is 19.6 Å². The monoisotopic (exact) mass is 472 g/mol. The smallest absolute Gasteiger partial charge is 0.423 e. The van der Waals surface area contributed by atoms with E-state index in [-0.39, 0.29) is 12.2 Å². The predicted molar refractivity (Wildman–Crippen MR) is 130 cm³/mol. The minimum atomic E-state index is -2.14. The summed E-state index contributed by atoms with van der Waals surface area (Å²) in [6, 6.07) is 7.66. The largest absolute Gasteiger partial charge is 0.491 e. The maximum Gasteiger partial charge on any atom is 0.491 e. The Morgan fingerprint density at radius 2 is 1.74 bits per heavy atom. The molecule has 0 aliphatic heterocycles. The number of hydrogen-bond donors (Lipinski definition) is 3. The Morgan fingerprint density at radius 1 is 1.15 bits per heavy atom. The summed E-state index contributed by atoms with van der Waals surface area (Å²) < 4.78 is 20.2. The molecule has 34 heavy (non-hydrogen) atoms. The molecule has 0 unspecified atom stereocenters. The number of carbonyl (C=O) groups is 2. The highest BCUT2D eigenvalue weighted by Gasteiger charge is 2.35. The van der Waals surface area contributed by atoms with Crippen LogP contribution in [-0.2, 0) is 11.3 Å². The average molecular weight is 472 g/mol. The fourth-order valence-electron chi connectivity index (χ4n) is 4.23. The van der Waals surface area contributed by atoms with E-state index in [1.165, 1.54) is 24.3 Å². The van der Waals surface area contributed by atoms with Crippen molar-refractivity contribution in [1.82, 2.24) is 10.4 Å². The zero-order valence-electron chi connectivity index (χ0n) is 20.9. The van der Waals surface area contributed by atoms with Crippen LogP contribution < -0.4 is 10.9 Å². The van der Waals surface area contributed by atoms with Crippen molar-refractivity contribution in [1.29, 1.82) is 0 Å². The lowest BCUT2D eigenvalue weighted by Crippen LogP contribution is -2.56. The third-order valence-electron chi connectivity index (χ3n) is 5.68. The number of hydrogen-bond acceptors (Lipinski definition) is 5. The number of rotatable bonds is 7. The summed E-state index contributed by atoms with van der Waals surface area (Å²) >= 11 is 0. The second-order valence-electron chi connectivity index (χ2n) is 9.59. The fraction of sp³-hybridized carbons (Fsp3) is 0.440.